The maximum Gasteiger partial charge on any atom is 0.481 e. The zero-order valence-corrected chi connectivity index (χ0v) is 14.5. The molecule has 2 rings (SSSR count). The van der Waals surface area contributed by atoms with E-state index in [1.54, 1.807) is 4.98 Å². The summed E-state index contributed by atoms with van der Waals surface area (Å²) in [5.74, 6) is -3.97. The predicted octanol–water partition coefficient (Wildman–Crippen LogP) is -1.48. The lowest BCUT2D eigenvalue weighted by molar-refractivity contribution is -0.178. The number of rotatable bonds is 7. The minimum atomic E-state index is -5.96. The van der Waals surface area contributed by atoms with Crippen LogP contribution in [-0.2, 0) is 22.7 Å². The number of nitrogens with one attached hydrogen (secondary N) is 1. The molecule has 0 spiro atoms. The van der Waals surface area contributed by atoms with Crippen LogP contribution < -0.4 is 11.2 Å². The van der Waals surface area contributed by atoms with Crippen LogP contribution in [0.15, 0.2) is 15.8 Å². The quantitative estimate of drug-likeness (QED) is 0.244. The molecule has 17 heteroatoms. The van der Waals surface area contributed by atoms with Gasteiger partial charge in [-0.1, -0.05) is 0 Å². The SMILES string of the molecule is [2H]C([2H])(OP(=O)(O)OP(=O)(O)O)[C@]1(F)C[C@@H](O)[C@]([2H])(n2cc(C=O)c(=O)[nH]c2=O)O1. The first-order valence-corrected chi connectivity index (χ1v) is 9.58. The van der Waals surface area contributed by atoms with Gasteiger partial charge in [0, 0.05) is 12.6 Å². The van der Waals surface area contributed by atoms with Gasteiger partial charge in [-0.05, 0) is 0 Å². The maximum absolute atomic E-state index is 15.1. The van der Waals surface area contributed by atoms with Crippen LogP contribution in [0.25, 0.3) is 0 Å². The number of aromatic nitrogens is 2. The minimum absolute atomic E-state index is 0.0465. The van der Waals surface area contributed by atoms with E-state index in [2.05, 4.69) is 13.6 Å². The van der Waals surface area contributed by atoms with Gasteiger partial charge in [-0.2, -0.15) is 4.31 Å². The Hall–Kier alpha value is -1.54. The van der Waals surface area contributed by atoms with Crippen molar-refractivity contribution in [3.8, 4) is 0 Å². The fourth-order valence-electron chi connectivity index (χ4n) is 1.89. The van der Waals surface area contributed by atoms with E-state index in [0.717, 1.165) is 0 Å². The lowest BCUT2D eigenvalue weighted by Crippen LogP contribution is -2.37. The van der Waals surface area contributed by atoms with Crippen molar-refractivity contribution >= 4 is 21.9 Å². The Labute approximate surface area is 152 Å². The van der Waals surface area contributed by atoms with Crippen LogP contribution in [0.5, 0.6) is 0 Å². The van der Waals surface area contributed by atoms with Gasteiger partial charge in [-0.3, -0.25) is 23.7 Å². The molecule has 152 valence electrons. The summed E-state index contributed by atoms with van der Waals surface area (Å²) in [6.07, 6.45) is -6.74. The number of alkyl halides is 1. The van der Waals surface area contributed by atoms with Gasteiger partial charge < -0.3 is 24.5 Å². The molecule has 1 aliphatic rings. The first-order valence-electron chi connectivity index (χ1n) is 8.05. The van der Waals surface area contributed by atoms with Crippen molar-refractivity contribution in [3.63, 3.8) is 0 Å². The van der Waals surface area contributed by atoms with Crippen molar-refractivity contribution in [1.82, 2.24) is 9.55 Å². The molecule has 1 fully saturated rings. The van der Waals surface area contributed by atoms with Crippen LogP contribution >= 0.6 is 15.6 Å². The number of phosphoric ester groups is 1. The largest absolute Gasteiger partial charge is 0.481 e. The lowest BCUT2D eigenvalue weighted by Gasteiger charge is -2.22. The first-order chi connectivity index (χ1) is 13.4. The molecule has 27 heavy (non-hydrogen) atoms. The molecule has 14 nitrogen and oxygen atoms in total. The molecule has 1 aliphatic heterocycles. The smallest absolute Gasteiger partial charge is 0.388 e. The van der Waals surface area contributed by atoms with Crippen molar-refractivity contribution in [1.29, 1.82) is 0 Å². The average Bonchev–Trinajstić information content (AvgIpc) is 2.75. The van der Waals surface area contributed by atoms with Crippen molar-refractivity contribution in [2.24, 2.45) is 0 Å². The Bertz CT molecular complexity index is 1070. The number of aliphatic hydroxyl groups excluding tert-OH is 1. The molecule has 0 aliphatic carbocycles. The Morgan fingerprint density at radius 3 is 2.70 bits per heavy atom. The van der Waals surface area contributed by atoms with E-state index in [9.17, 15) is 33.5 Å². The van der Waals surface area contributed by atoms with E-state index in [4.69, 9.17) is 13.9 Å². The fraction of sp³-hybridized carbons (Fsp3) is 0.500. The molecule has 0 amide bonds. The number of hydrogen-bond acceptors (Lipinski definition) is 9. The topological polar surface area (TPSA) is 215 Å². The first kappa shape index (κ1) is 17.6. The number of H-pyrrole nitrogens is 1. The minimum Gasteiger partial charge on any atom is -0.388 e. The van der Waals surface area contributed by atoms with E-state index in [1.807, 2.05) is 0 Å². The number of phosphoric acid groups is 2. The highest BCUT2D eigenvalue weighted by Crippen LogP contribution is 2.58. The number of aliphatic hydroxyl groups is 1. The summed E-state index contributed by atoms with van der Waals surface area (Å²) in [5.41, 5.74) is -3.41. The van der Waals surface area contributed by atoms with Gasteiger partial charge >= 0.3 is 21.3 Å². The summed E-state index contributed by atoms with van der Waals surface area (Å²) in [4.78, 5) is 62.1. The maximum atomic E-state index is 15.1. The van der Waals surface area contributed by atoms with Crippen molar-refractivity contribution in [2.45, 2.75) is 24.6 Å². The van der Waals surface area contributed by atoms with Gasteiger partial charge in [0.05, 0.1) is 9.68 Å². The van der Waals surface area contributed by atoms with Gasteiger partial charge in [0.15, 0.2) is 12.5 Å². The van der Waals surface area contributed by atoms with Gasteiger partial charge in [0.25, 0.3) is 5.56 Å². The Morgan fingerprint density at radius 1 is 1.52 bits per heavy atom. The summed E-state index contributed by atoms with van der Waals surface area (Å²) in [6, 6.07) is 0. The second-order valence-electron chi connectivity index (χ2n) is 4.95. The molecule has 0 aromatic carbocycles. The third-order valence-corrected chi connectivity index (χ3v) is 4.86. The number of carbonyl (C=O) groups is 1. The predicted molar refractivity (Wildman–Crippen MR) is 80.2 cm³/mol. The standard InChI is InChI=1S/C10H13FN2O12P2/c11-10(4-23-27(21,22)25-26(18,19)20)1-6(15)8(24-10)13-2-5(3-14)7(16)12-9(13)17/h2-3,6,8,15H,1,4H2,(H,21,22)(H,12,16,17)(H2,18,19,20)/t6-,8-,10+/m1/s1/i4D2,8D. The van der Waals surface area contributed by atoms with Crippen molar-refractivity contribution < 1.29 is 55.8 Å². The number of carbonyl (C=O) groups excluding carboxylic acids is 1. The lowest BCUT2D eigenvalue weighted by atomic mass is 10.2. The highest BCUT2D eigenvalue weighted by Gasteiger charge is 2.50. The van der Waals surface area contributed by atoms with Gasteiger partial charge in [0.2, 0.25) is 5.85 Å². The van der Waals surface area contributed by atoms with Crippen LogP contribution in [0.4, 0.5) is 4.39 Å². The number of ether oxygens (including phenoxy) is 1. The van der Waals surface area contributed by atoms with E-state index < -0.39 is 63.6 Å². The average molecular weight is 437 g/mol. The number of aldehydes is 1. The third kappa shape index (κ3) is 5.48. The van der Waals surface area contributed by atoms with E-state index in [0.29, 0.717) is 6.20 Å². The van der Waals surface area contributed by atoms with Crippen LogP contribution in [0.1, 0.15) is 27.1 Å². The molecule has 0 bridgehead atoms. The fourth-order valence-corrected chi connectivity index (χ4v) is 3.35. The Kier molecular flexibility index (Phi) is 4.85. The molecule has 1 aromatic rings. The molecule has 5 N–H and O–H groups in total. The Balaban J connectivity index is 2.46. The second-order valence-corrected chi connectivity index (χ2v) is 7.71. The highest BCUT2D eigenvalue weighted by atomic mass is 31.3. The number of aromatic amines is 1. The molecular weight excluding hydrogens is 421 g/mol. The molecular formula is C10H13FN2O12P2. The zero-order chi connectivity index (χ0) is 23.3. The molecule has 0 saturated carbocycles. The molecule has 1 unspecified atom stereocenters. The number of hydrogen-bond donors (Lipinski definition) is 5. The van der Waals surface area contributed by atoms with Crippen molar-refractivity contribution in [3.05, 3.63) is 32.6 Å². The van der Waals surface area contributed by atoms with Gasteiger partial charge in [-0.15, -0.1) is 0 Å². The van der Waals surface area contributed by atoms with Gasteiger partial charge in [0.1, 0.15) is 12.7 Å². The summed E-state index contributed by atoms with van der Waals surface area (Å²) in [7, 11) is -11.7. The Morgan fingerprint density at radius 2 is 2.15 bits per heavy atom. The number of halogens is 1. The van der Waals surface area contributed by atoms with E-state index in [1.165, 1.54) is 0 Å². The molecule has 4 atom stereocenters. The highest BCUT2D eigenvalue weighted by molar-refractivity contribution is 7.60. The molecule has 2 heterocycles. The van der Waals surface area contributed by atoms with Crippen LogP contribution in [0, 0.1) is 0 Å². The molecule has 1 aromatic heterocycles. The summed E-state index contributed by atoms with van der Waals surface area (Å²) < 4.78 is 72.0. The summed E-state index contributed by atoms with van der Waals surface area (Å²) in [5, 5.41) is 10.0. The second kappa shape index (κ2) is 7.47. The monoisotopic (exact) mass is 437 g/mol. The van der Waals surface area contributed by atoms with Crippen LogP contribution in [-0.4, -0.2) is 54.1 Å². The number of nitrogens with zero attached hydrogens (tertiary/aromatic N) is 1. The zero-order valence-electron chi connectivity index (χ0n) is 15.7. The van der Waals surface area contributed by atoms with E-state index in [-0.39, 0.29) is 10.9 Å². The van der Waals surface area contributed by atoms with Gasteiger partial charge in [-0.25, -0.2) is 18.3 Å². The van der Waals surface area contributed by atoms with E-state index >= 15 is 4.39 Å². The molecule has 0 radical (unpaired) electrons. The van der Waals surface area contributed by atoms with Crippen LogP contribution in [0.3, 0.4) is 0 Å². The summed E-state index contributed by atoms with van der Waals surface area (Å²) in [6.45, 7) is -4.09. The summed E-state index contributed by atoms with van der Waals surface area (Å²) >= 11 is 0. The molecule has 1 saturated heterocycles. The third-order valence-electron chi connectivity index (χ3n) is 2.86. The van der Waals surface area contributed by atoms with Crippen molar-refractivity contribution in [2.75, 3.05) is 6.56 Å². The normalized spacial score (nSPS) is 32.9. The van der Waals surface area contributed by atoms with Crippen LogP contribution in [0.2, 0.25) is 0 Å².